The van der Waals surface area contributed by atoms with Crippen molar-refractivity contribution in [3.05, 3.63) is 58.7 Å². The number of methoxy groups -OCH3 is 2. The van der Waals surface area contributed by atoms with Gasteiger partial charge in [0.1, 0.15) is 0 Å². The van der Waals surface area contributed by atoms with E-state index in [1.165, 1.54) is 20.3 Å². The SMILES string of the molecule is COC(=O)c1ccc(OCC(=O)c2ccc(C)cc2C)c(OC)c1. The van der Waals surface area contributed by atoms with E-state index in [-0.39, 0.29) is 12.4 Å². The van der Waals surface area contributed by atoms with Crippen LogP contribution in [0.3, 0.4) is 0 Å². The van der Waals surface area contributed by atoms with Gasteiger partial charge in [0.15, 0.2) is 23.9 Å². The number of ether oxygens (including phenoxy) is 3. The minimum atomic E-state index is -0.466. The Labute approximate surface area is 141 Å². The lowest BCUT2D eigenvalue weighted by Gasteiger charge is -2.12. The molecule has 0 unspecified atom stereocenters. The van der Waals surface area contributed by atoms with Crippen molar-refractivity contribution in [3.8, 4) is 11.5 Å². The summed E-state index contributed by atoms with van der Waals surface area (Å²) in [6, 6.07) is 10.3. The van der Waals surface area contributed by atoms with Crippen LogP contribution in [-0.4, -0.2) is 32.6 Å². The van der Waals surface area contributed by atoms with Crippen molar-refractivity contribution < 1.29 is 23.8 Å². The summed E-state index contributed by atoms with van der Waals surface area (Å²) in [5, 5.41) is 0. The molecule has 0 radical (unpaired) electrons. The minimum absolute atomic E-state index is 0.113. The molecule has 0 bridgehead atoms. The molecule has 5 nitrogen and oxygen atoms in total. The Kier molecular flexibility index (Phi) is 5.58. The highest BCUT2D eigenvalue weighted by Gasteiger charge is 2.14. The van der Waals surface area contributed by atoms with E-state index in [9.17, 15) is 9.59 Å². The molecular weight excluding hydrogens is 308 g/mol. The van der Waals surface area contributed by atoms with E-state index in [4.69, 9.17) is 9.47 Å². The van der Waals surface area contributed by atoms with Crippen molar-refractivity contribution in [2.45, 2.75) is 13.8 Å². The fourth-order valence-corrected chi connectivity index (χ4v) is 2.38. The van der Waals surface area contributed by atoms with Gasteiger partial charge in [0, 0.05) is 5.56 Å². The quantitative estimate of drug-likeness (QED) is 0.601. The maximum Gasteiger partial charge on any atom is 0.337 e. The second kappa shape index (κ2) is 7.64. The Morgan fingerprint density at radius 1 is 0.958 bits per heavy atom. The average molecular weight is 328 g/mol. The largest absolute Gasteiger partial charge is 0.493 e. The van der Waals surface area contributed by atoms with Crippen molar-refractivity contribution in [1.82, 2.24) is 0 Å². The number of carbonyl (C=O) groups is 2. The molecule has 0 spiro atoms. The van der Waals surface area contributed by atoms with E-state index < -0.39 is 5.97 Å². The van der Waals surface area contributed by atoms with Gasteiger partial charge in [-0.15, -0.1) is 0 Å². The van der Waals surface area contributed by atoms with Crippen molar-refractivity contribution in [2.75, 3.05) is 20.8 Å². The second-order valence-corrected chi connectivity index (χ2v) is 5.39. The molecule has 0 aliphatic heterocycles. The summed E-state index contributed by atoms with van der Waals surface area (Å²) >= 11 is 0. The van der Waals surface area contributed by atoms with Crippen LogP contribution < -0.4 is 9.47 Å². The topological polar surface area (TPSA) is 61.8 Å². The van der Waals surface area contributed by atoms with Crippen LogP contribution in [0.5, 0.6) is 11.5 Å². The summed E-state index contributed by atoms with van der Waals surface area (Å²) in [7, 11) is 2.77. The number of rotatable bonds is 6. The fraction of sp³-hybridized carbons (Fsp3) is 0.263. The lowest BCUT2D eigenvalue weighted by molar-refractivity contribution is 0.0600. The molecule has 0 N–H and O–H groups in total. The second-order valence-electron chi connectivity index (χ2n) is 5.39. The van der Waals surface area contributed by atoms with Crippen LogP contribution in [0.15, 0.2) is 36.4 Å². The van der Waals surface area contributed by atoms with Gasteiger partial charge in [-0.2, -0.15) is 0 Å². The molecule has 0 aliphatic rings. The number of carbonyl (C=O) groups excluding carboxylic acids is 2. The lowest BCUT2D eigenvalue weighted by Crippen LogP contribution is -2.13. The first-order valence-corrected chi connectivity index (χ1v) is 7.46. The van der Waals surface area contributed by atoms with E-state index >= 15 is 0 Å². The third kappa shape index (κ3) is 3.93. The molecule has 2 aromatic carbocycles. The highest BCUT2D eigenvalue weighted by Crippen LogP contribution is 2.28. The van der Waals surface area contributed by atoms with Gasteiger partial charge in [-0.3, -0.25) is 4.79 Å². The van der Waals surface area contributed by atoms with Crippen LogP contribution in [0.25, 0.3) is 0 Å². The first kappa shape index (κ1) is 17.5. The van der Waals surface area contributed by atoms with Crippen molar-refractivity contribution >= 4 is 11.8 Å². The fourth-order valence-electron chi connectivity index (χ4n) is 2.38. The summed E-state index contributed by atoms with van der Waals surface area (Å²) in [5.74, 6) is 0.174. The molecule has 0 heterocycles. The Balaban J connectivity index is 2.13. The van der Waals surface area contributed by atoms with Crippen molar-refractivity contribution in [3.63, 3.8) is 0 Å². The predicted molar refractivity (Wildman–Crippen MR) is 90.1 cm³/mol. The minimum Gasteiger partial charge on any atom is -0.493 e. The number of benzene rings is 2. The summed E-state index contributed by atoms with van der Waals surface area (Å²) in [5.41, 5.74) is 3.00. The maximum atomic E-state index is 12.3. The Morgan fingerprint density at radius 2 is 1.71 bits per heavy atom. The van der Waals surface area contributed by atoms with Crippen LogP contribution in [0.2, 0.25) is 0 Å². The van der Waals surface area contributed by atoms with Gasteiger partial charge in [-0.05, 0) is 37.6 Å². The molecule has 5 heteroatoms. The molecule has 0 aromatic heterocycles. The molecule has 0 fully saturated rings. The van der Waals surface area contributed by atoms with Crippen molar-refractivity contribution in [2.24, 2.45) is 0 Å². The van der Waals surface area contributed by atoms with E-state index in [0.29, 0.717) is 22.6 Å². The molecule has 2 rings (SSSR count). The van der Waals surface area contributed by atoms with E-state index in [2.05, 4.69) is 4.74 Å². The van der Waals surface area contributed by atoms with Gasteiger partial charge in [0.2, 0.25) is 0 Å². The number of hydrogen-bond acceptors (Lipinski definition) is 5. The molecule has 0 saturated carbocycles. The van der Waals surface area contributed by atoms with Crippen LogP contribution in [0.4, 0.5) is 0 Å². The Morgan fingerprint density at radius 3 is 2.33 bits per heavy atom. The van der Waals surface area contributed by atoms with Gasteiger partial charge in [-0.25, -0.2) is 4.79 Å². The van der Waals surface area contributed by atoms with E-state index in [1.54, 1.807) is 18.2 Å². The monoisotopic (exact) mass is 328 g/mol. The smallest absolute Gasteiger partial charge is 0.337 e. The number of aryl methyl sites for hydroxylation is 2. The number of Topliss-reactive ketones (excluding diaryl/α,β-unsaturated/α-hetero) is 1. The third-order valence-electron chi connectivity index (χ3n) is 3.63. The molecule has 0 aliphatic carbocycles. The molecule has 0 amide bonds. The zero-order chi connectivity index (χ0) is 17.7. The number of hydrogen-bond donors (Lipinski definition) is 0. The van der Waals surface area contributed by atoms with E-state index in [0.717, 1.165) is 11.1 Å². The molecule has 0 atom stereocenters. The first-order valence-electron chi connectivity index (χ1n) is 7.46. The normalized spacial score (nSPS) is 10.2. The molecule has 0 saturated heterocycles. The molecular formula is C19H20O5. The highest BCUT2D eigenvalue weighted by atomic mass is 16.5. The third-order valence-corrected chi connectivity index (χ3v) is 3.63. The van der Waals surface area contributed by atoms with Gasteiger partial charge in [0.05, 0.1) is 19.8 Å². The van der Waals surface area contributed by atoms with Crippen LogP contribution >= 0.6 is 0 Å². The molecule has 2 aromatic rings. The lowest BCUT2D eigenvalue weighted by atomic mass is 10.0. The summed E-state index contributed by atoms with van der Waals surface area (Å²) in [4.78, 5) is 23.9. The molecule has 24 heavy (non-hydrogen) atoms. The van der Waals surface area contributed by atoms with Gasteiger partial charge in [-0.1, -0.05) is 23.8 Å². The Hall–Kier alpha value is -2.82. The Bertz CT molecular complexity index is 764. The maximum absolute atomic E-state index is 12.3. The standard InChI is InChI=1S/C19H20O5/c1-12-5-7-15(13(2)9-12)16(20)11-24-17-8-6-14(19(21)23-4)10-18(17)22-3/h5-10H,11H2,1-4H3. The summed E-state index contributed by atoms with van der Waals surface area (Å²) in [6.45, 7) is 3.76. The van der Waals surface area contributed by atoms with Crippen LogP contribution in [0, 0.1) is 13.8 Å². The number of ketones is 1. The predicted octanol–water partition coefficient (Wildman–Crippen LogP) is 3.36. The van der Waals surface area contributed by atoms with Crippen LogP contribution in [-0.2, 0) is 4.74 Å². The molecule has 126 valence electrons. The van der Waals surface area contributed by atoms with Gasteiger partial charge >= 0.3 is 5.97 Å². The van der Waals surface area contributed by atoms with Gasteiger partial charge in [0.25, 0.3) is 0 Å². The zero-order valence-electron chi connectivity index (χ0n) is 14.2. The zero-order valence-corrected chi connectivity index (χ0v) is 14.2. The van der Waals surface area contributed by atoms with Crippen molar-refractivity contribution in [1.29, 1.82) is 0 Å². The van der Waals surface area contributed by atoms with Gasteiger partial charge < -0.3 is 14.2 Å². The van der Waals surface area contributed by atoms with Crippen LogP contribution in [0.1, 0.15) is 31.8 Å². The summed E-state index contributed by atoms with van der Waals surface area (Å²) in [6.07, 6.45) is 0. The summed E-state index contributed by atoms with van der Waals surface area (Å²) < 4.78 is 15.5. The highest BCUT2D eigenvalue weighted by molar-refractivity contribution is 5.98. The van der Waals surface area contributed by atoms with E-state index in [1.807, 2.05) is 26.0 Å². The first-order chi connectivity index (χ1) is 11.5. The number of esters is 1. The average Bonchev–Trinajstić information content (AvgIpc) is 2.58.